The van der Waals surface area contributed by atoms with Crippen LogP contribution in [0.3, 0.4) is 0 Å². The maximum Gasteiger partial charge on any atom is 0.225 e. The SMILES string of the molecule is O=C(CC1(O)CCC1)N1CCC2(CCCc3sc(N4CCOCC4)nc32)C1. The van der Waals surface area contributed by atoms with E-state index in [1.165, 1.54) is 17.0 Å². The zero-order valence-corrected chi connectivity index (χ0v) is 16.7. The van der Waals surface area contributed by atoms with Crippen molar-refractivity contribution in [2.24, 2.45) is 0 Å². The van der Waals surface area contributed by atoms with Gasteiger partial charge in [-0.05, 0) is 44.9 Å². The summed E-state index contributed by atoms with van der Waals surface area (Å²) >= 11 is 1.85. The molecular weight excluding hydrogens is 362 g/mol. The van der Waals surface area contributed by atoms with Gasteiger partial charge in [0.25, 0.3) is 0 Å². The van der Waals surface area contributed by atoms with Gasteiger partial charge < -0.3 is 19.6 Å². The first-order valence-corrected chi connectivity index (χ1v) is 11.2. The highest BCUT2D eigenvalue weighted by Gasteiger charge is 2.47. The smallest absolute Gasteiger partial charge is 0.225 e. The normalized spacial score (nSPS) is 29.7. The Hall–Kier alpha value is -1.18. The lowest BCUT2D eigenvalue weighted by molar-refractivity contribution is -0.139. The number of likely N-dealkylation sites (tertiary alicyclic amines) is 1. The van der Waals surface area contributed by atoms with Gasteiger partial charge in [0.1, 0.15) is 0 Å². The van der Waals surface area contributed by atoms with E-state index in [9.17, 15) is 9.90 Å². The first-order chi connectivity index (χ1) is 13.1. The molecule has 6 nitrogen and oxygen atoms in total. The lowest BCUT2D eigenvalue weighted by Crippen LogP contribution is -2.44. The molecule has 1 amide bonds. The fraction of sp³-hybridized carbons (Fsp3) is 0.800. The summed E-state index contributed by atoms with van der Waals surface area (Å²) in [4.78, 5) is 23.7. The van der Waals surface area contributed by atoms with E-state index in [1.807, 2.05) is 16.2 Å². The number of hydrogen-bond donors (Lipinski definition) is 1. The molecule has 3 heterocycles. The Morgan fingerprint density at radius 1 is 1.15 bits per heavy atom. The molecule has 27 heavy (non-hydrogen) atoms. The fourth-order valence-corrected chi connectivity index (χ4v) is 6.43. The number of aryl methyl sites for hydroxylation is 1. The topological polar surface area (TPSA) is 65.9 Å². The highest BCUT2D eigenvalue weighted by molar-refractivity contribution is 7.15. The highest BCUT2D eigenvalue weighted by atomic mass is 32.1. The van der Waals surface area contributed by atoms with Gasteiger partial charge in [-0.3, -0.25) is 4.79 Å². The summed E-state index contributed by atoms with van der Waals surface area (Å²) in [6.07, 6.45) is 7.33. The predicted octanol–water partition coefficient (Wildman–Crippen LogP) is 2.09. The van der Waals surface area contributed by atoms with E-state index in [1.54, 1.807) is 0 Å². The van der Waals surface area contributed by atoms with Crippen molar-refractivity contribution < 1.29 is 14.6 Å². The Bertz CT molecular complexity index is 726. The van der Waals surface area contributed by atoms with E-state index < -0.39 is 5.60 Å². The number of thiazole rings is 1. The number of nitrogens with zero attached hydrogens (tertiary/aromatic N) is 3. The second kappa shape index (κ2) is 6.71. The monoisotopic (exact) mass is 391 g/mol. The van der Waals surface area contributed by atoms with Gasteiger partial charge in [-0.2, -0.15) is 0 Å². The van der Waals surface area contributed by atoms with Crippen molar-refractivity contribution in [2.75, 3.05) is 44.3 Å². The minimum Gasteiger partial charge on any atom is -0.389 e. The van der Waals surface area contributed by atoms with E-state index >= 15 is 0 Å². The maximum absolute atomic E-state index is 12.8. The van der Waals surface area contributed by atoms with Gasteiger partial charge in [0, 0.05) is 36.5 Å². The first kappa shape index (κ1) is 17.9. The van der Waals surface area contributed by atoms with Crippen LogP contribution in [0.1, 0.15) is 55.5 Å². The van der Waals surface area contributed by atoms with Crippen LogP contribution >= 0.6 is 11.3 Å². The Morgan fingerprint density at radius 3 is 2.70 bits per heavy atom. The number of morpholine rings is 1. The molecule has 2 aliphatic heterocycles. The minimum absolute atomic E-state index is 0.0342. The summed E-state index contributed by atoms with van der Waals surface area (Å²) < 4.78 is 5.48. The zero-order chi connectivity index (χ0) is 18.5. The Kier molecular flexibility index (Phi) is 4.44. The van der Waals surface area contributed by atoms with Crippen molar-refractivity contribution in [1.29, 1.82) is 0 Å². The molecule has 2 aliphatic carbocycles. The maximum atomic E-state index is 12.8. The van der Waals surface area contributed by atoms with E-state index in [-0.39, 0.29) is 11.3 Å². The lowest BCUT2D eigenvalue weighted by Gasteiger charge is -2.37. The van der Waals surface area contributed by atoms with Gasteiger partial charge in [-0.15, -0.1) is 11.3 Å². The molecular formula is C20H29N3O3S. The van der Waals surface area contributed by atoms with Gasteiger partial charge in [-0.1, -0.05) is 0 Å². The number of carbonyl (C=O) groups is 1. The minimum atomic E-state index is -0.727. The average Bonchev–Trinajstić information content (AvgIpc) is 3.27. The van der Waals surface area contributed by atoms with Crippen LogP contribution in [0.5, 0.6) is 0 Å². The number of carbonyl (C=O) groups excluding carboxylic acids is 1. The van der Waals surface area contributed by atoms with Gasteiger partial charge in [-0.25, -0.2) is 4.98 Å². The molecule has 1 spiro atoms. The molecule has 148 valence electrons. The number of aliphatic hydroxyl groups is 1. The number of rotatable bonds is 3. The van der Waals surface area contributed by atoms with Gasteiger partial charge in [0.05, 0.1) is 30.9 Å². The molecule has 1 saturated carbocycles. The molecule has 1 N–H and O–H groups in total. The Balaban J connectivity index is 1.34. The van der Waals surface area contributed by atoms with Crippen molar-refractivity contribution in [3.05, 3.63) is 10.6 Å². The van der Waals surface area contributed by atoms with Crippen LogP contribution in [-0.4, -0.2) is 65.9 Å². The van der Waals surface area contributed by atoms with Gasteiger partial charge in [0.2, 0.25) is 5.91 Å². The summed E-state index contributed by atoms with van der Waals surface area (Å²) in [5.41, 5.74) is 0.569. The third kappa shape index (κ3) is 3.17. The number of anilines is 1. The average molecular weight is 392 g/mol. The molecule has 5 rings (SSSR count). The van der Waals surface area contributed by atoms with Crippen LogP contribution in [0.2, 0.25) is 0 Å². The summed E-state index contributed by atoms with van der Waals surface area (Å²) in [5.74, 6) is 0.129. The summed E-state index contributed by atoms with van der Waals surface area (Å²) in [6.45, 7) is 4.98. The number of hydrogen-bond acceptors (Lipinski definition) is 6. The molecule has 1 aromatic heterocycles. The summed E-state index contributed by atoms with van der Waals surface area (Å²) in [6, 6.07) is 0. The van der Waals surface area contributed by atoms with Gasteiger partial charge >= 0.3 is 0 Å². The van der Waals surface area contributed by atoms with E-state index in [2.05, 4.69) is 4.90 Å². The fourth-order valence-electron chi connectivity index (χ4n) is 5.16. The quantitative estimate of drug-likeness (QED) is 0.855. The van der Waals surface area contributed by atoms with Crippen molar-refractivity contribution >= 4 is 22.4 Å². The summed E-state index contributed by atoms with van der Waals surface area (Å²) in [5, 5.41) is 11.5. The van der Waals surface area contributed by atoms with Crippen LogP contribution < -0.4 is 4.90 Å². The van der Waals surface area contributed by atoms with Crippen LogP contribution in [-0.2, 0) is 21.4 Å². The Morgan fingerprint density at radius 2 is 1.96 bits per heavy atom. The third-order valence-corrected chi connectivity index (χ3v) is 8.18. The van der Waals surface area contributed by atoms with Crippen LogP contribution in [0.4, 0.5) is 5.13 Å². The molecule has 3 fully saturated rings. The number of ether oxygens (including phenoxy) is 1. The van der Waals surface area contributed by atoms with Crippen LogP contribution in [0, 0.1) is 0 Å². The number of aromatic nitrogens is 1. The molecule has 0 bridgehead atoms. The highest BCUT2D eigenvalue weighted by Crippen LogP contribution is 2.47. The molecule has 1 aromatic rings. The summed E-state index contributed by atoms with van der Waals surface area (Å²) in [7, 11) is 0. The Labute approximate surface area is 164 Å². The third-order valence-electron chi connectivity index (χ3n) is 7.00. The van der Waals surface area contributed by atoms with E-state index in [0.717, 1.165) is 83.0 Å². The largest absolute Gasteiger partial charge is 0.389 e. The van der Waals surface area contributed by atoms with Crippen molar-refractivity contribution in [3.8, 4) is 0 Å². The van der Waals surface area contributed by atoms with Gasteiger partial charge in [0.15, 0.2) is 5.13 Å². The van der Waals surface area contributed by atoms with Crippen LogP contribution in [0.15, 0.2) is 0 Å². The zero-order valence-electron chi connectivity index (χ0n) is 15.9. The molecule has 4 aliphatic rings. The standard InChI is InChI=1S/C20H29N3O3S/c24-16(13-20(25)5-2-6-20)23-8-7-19(14-23)4-1-3-15-17(19)21-18(27-15)22-9-11-26-12-10-22/h25H,1-14H2. The second-order valence-corrected chi connectivity index (χ2v) is 9.88. The molecule has 0 aromatic carbocycles. The van der Waals surface area contributed by atoms with E-state index in [0.29, 0.717) is 6.42 Å². The molecule has 7 heteroatoms. The molecule has 0 radical (unpaired) electrons. The molecule has 1 atom stereocenters. The number of fused-ring (bicyclic) bond motifs is 2. The first-order valence-electron chi connectivity index (χ1n) is 10.4. The van der Waals surface area contributed by atoms with Crippen molar-refractivity contribution in [1.82, 2.24) is 9.88 Å². The van der Waals surface area contributed by atoms with Crippen molar-refractivity contribution in [3.63, 3.8) is 0 Å². The van der Waals surface area contributed by atoms with Crippen molar-refractivity contribution in [2.45, 2.75) is 62.4 Å². The number of amides is 1. The second-order valence-electron chi connectivity index (χ2n) is 8.82. The predicted molar refractivity (Wildman–Crippen MR) is 104 cm³/mol. The molecule has 2 saturated heterocycles. The lowest BCUT2D eigenvalue weighted by atomic mass is 9.74. The van der Waals surface area contributed by atoms with Crippen LogP contribution in [0.25, 0.3) is 0 Å². The van der Waals surface area contributed by atoms with E-state index in [4.69, 9.17) is 9.72 Å². The molecule has 1 unspecified atom stereocenters.